The van der Waals surface area contributed by atoms with Crippen LogP contribution in [0.2, 0.25) is 0 Å². The van der Waals surface area contributed by atoms with E-state index in [9.17, 15) is 19.5 Å². The first-order valence-electron chi connectivity index (χ1n) is 11.6. The number of methoxy groups -OCH3 is 1. The fourth-order valence-corrected chi connectivity index (χ4v) is 4.68. The molecule has 1 aliphatic carbocycles. The maximum Gasteiger partial charge on any atom is 0.408 e. The number of carboxylic acids is 1. The average molecular weight is 462 g/mol. The standard InChI is InChI=1S/C26H39NO6/c1-24(2,3)26(22(29)30)14-12-19(13-15-26)18-10-8-17(9-11-18)16-20(21(28)32-7)27-23(31)33-25(4,5)6/h8-11,19-20H,12-16H2,1-7H3,(H,27,31)(H,29,30). The Morgan fingerprint density at radius 3 is 2.03 bits per heavy atom. The SMILES string of the molecule is COC(=O)C(Cc1ccc(C2CCC(C(=O)O)(C(C)(C)C)CC2)cc1)NC(=O)OC(C)(C)C. The van der Waals surface area contributed by atoms with Gasteiger partial charge in [-0.15, -0.1) is 0 Å². The summed E-state index contributed by atoms with van der Waals surface area (Å²) in [6.07, 6.45) is 2.58. The second kappa shape index (κ2) is 10.1. The van der Waals surface area contributed by atoms with E-state index < -0.39 is 35.1 Å². The van der Waals surface area contributed by atoms with Crippen LogP contribution in [0.4, 0.5) is 4.79 Å². The maximum absolute atomic E-state index is 12.2. The number of carbonyl (C=O) groups is 3. The third-order valence-electron chi connectivity index (χ3n) is 6.75. The van der Waals surface area contributed by atoms with Gasteiger partial charge in [0.25, 0.3) is 0 Å². The van der Waals surface area contributed by atoms with E-state index in [1.165, 1.54) is 12.7 Å². The number of hydrogen-bond donors (Lipinski definition) is 2. The van der Waals surface area contributed by atoms with Gasteiger partial charge in [-0.05, 0) is 68.9 Å². The zero-order valence-electron chi connectivity index (χ0n) is 21.0. The fourth-order valence-electron chi connectivity index (χ4n) is 4.68. The van der Waals surface area contributed by atoms with Crippen molar-refractivity contribution in [1.82, 2.24) is 5.32 Å². The van der Waals surface area contributed by atoms with E-state index in [1.54, 1.807) is 20.8 Å². The van der Waals surface area contributed by atoms with Crippen LogP contribution in [0.15, 0.2) is 24.3 Å². The summed E-state index contributed by atoms with van der Waals surface area (Å²) in [7, 11) is 1.28. The molecule has 2 rings (SSSR count). The van der Waals surface area contributed by atoms with Crippen molar-refractivity contribution in [3.8, 4) is 0 Å². The molecule has 7 nitrogen and oxygen atoms in total. The average Bonchev–Trinajstić information content (AvgIpc) is 2.71. The van der Waals surface area contributed by atoms with Gasteiger partial charge in [0.05, 0.1) is 12.5 Å². The Bertz CT molecular complexity index is 839. The van der Waals surface area contributed by atoms with Crippen molar-refractivity contribution in [3.05, 3.63) is 35.4 Å². The number of esters is 1. The predicted octanol–water partition coefficient (Wildman–Crippen LogP) is 5.07. The molecular weight excluding hydrogens is 422 g/mol. The van der Waals surface area contributed by atoms with Gasteiger partial charge in [0.15, 0.2) is 0 Å². The summed E-state index contributed by atoms with van der Waals surface area (Å²) in [4.78, 5) is 36.4. The highest BCUT2D eigenvalue weighted by Crippen LogP contribution is 2.52. The summed E-state index contributed by atoms with van der Waals surface area (Å²) < 4.78 is 10.1. The van der Waals surface area contributed by atoms with Crippen molar-refractivity contribution in [2.75, 3.05) is 7.11 Å². The van der Waals surface area contributed by atoms with Gasteiger partial charge in [-0.2, -0.15) is 0 Å². The number of alkyl carbamates (subject to hydrolysis) is 1. The molecule has 0 heterocycles. The highest BCUT2D eigenvalue weighted by Gasteiger charge is 2.50. The third-order valence-corrected chi connectivity index (χ3v) is 6.75. The summed E-state index contributed by atoms with van der Waals surface area (Å²) in [5.74, 6) is -0.926. The van der Waals surface area contributed by atoms with Crippen LogP contribution in [0.25, 0.3) is 0 Å². The minimum atomic E-state index is -0.853. The summed E-state index contributed by atoms with van der Waals surface area (Å²) in [5, 5.41) is 12.5. The molecule has 1 fully saturated rings. The van der Waals surface area contributed by atoms with E-state index in [1.807, 2.05) is 45.0 Å². The van der Waals surface area contributed by atoms with Gasteiger partial charge < -0.3 is 19.9 Å². The lowest BCUT2D eigenvalue weighted by molar-refractivity contribution is -0.160. The van der Waals surface area contributed by atoms with Crippen LogP contribution < -0.4 is 5.32 Å². The first-order valence-corrected chi connectivity index (χ1v) is 11.6. The van der Waals surface area contributed by atoms with Crippen molar-refractivity contribution in [2.24, 2.45) is 10.8 Å². The zero-order valence-corrected chi connectivity index (χ0v) is 21.0. The molecule has 0 aliphatic heterocycles. The van der Waals surface area contributed by atoms with Crippen LogP contribution >= 0.6 is 0 Å². The van der Waals surface area contributed by atoms with Gasteiger partial charge in [0.1, 0.15) is 11.6 Å². The van der Waals surface area contributed by atoms with Crippen LogP contribution in [0.5, 0.6) is 0 Å². The molecule has 1 saturated carbocycles. The molecule has 1 aliphatic rings. The van der Waals surface area contributed by atoms with Crippen LogP contribution in [0, 0.1) is 10.8 Å². The Hall–Kier alpha value is -2.57. The predicted molar refractivity (Wildman–Crippen MR) is 126 cm³/mol. The Morgan fingerprint density at radius 1 is 1.06 bits per heavy atom. The van der Waals surface area contributed by atoms with Crippen LogP contribution in [-0.2, 0) is 25.5 Å². The van der Waals surface area contributed by atoms with E-state index in [0.717, 1.165) is 18.4 Å². The molecular formula is C26H39NO6. The van der Waals surface area contributed by atoms with Crippen LogP contribution in [0.1, 0.15) is 84.3 Å². The lowest BCUT2D eigenvalue weighted by Crippen LogP contribution is -2.45. The molecule has 7 heteroatoms. The van der Waals surface area contributed by atoms with Crippen molar-refractivity contribution < 1.29 is 29.0 Å². The maximum atomic E-state index is 12.2. The number of rotatable bonds is 6. The molecule has 2 N–H and O–H groups in total. The van der Waals surface area contributed by atoms with Crippen molar-refractivity contribution in [1.29, 1.82) is 0 Å². The van der Waals surface area contributed by atoms with Gasteiger partial charge in [-0.3, -0.25) is 4.79 Å². The second-order valence-corrected chi connectivity index (χ2v) is 11.1. The highest BCUT2D eigenvalue weighted by atomic mass is 16.6. The number of hydrogen-bond acceptors (Lipinski definition) is 5. The quantitative estimate of drug-likeness (QED) is 0.574. The minimum absolute atomic E-state index is 0.281. The molecule has 0 bridgehead atoms. The van der Waals surface area contributed by atoms with E-state index in [2.05, 4.69) is 5.32 Å². The number of carbonyl (C=O) groups excluding carboxylic acids is 2. The molecule has 1 atom stereocenters. The van der Waals surface area contributed by atoms with E-state index in [0.29, 0.717) is 18.8 Å². The molecule has 33 heavy (non-hydrogen) atoms. The Labute approximate surface area is 197 Å². The second-order valence-electron chi connectivity index (χ2n) is 11.1. The largest absolute Gasteiger partial charge is 0.481 e. The smallest absolute Gasteiger partial charge is 0.408 e. The number of aliphatic carboxylic acids is 1. The van der Waals surface area contributed by atoms with Gasteiger partial charge in [0.2, 0.25) is 0 Å². The van der Waals surface area contributed by atoms with Crippen molar-refractivity contribution >= 4 is 18.0 Å². The van der Waals surface area contributed by atoms with E-state index >= 15 is 0 Å². The lowest BCUT2D eigenvalue weighted by atomic mass is 9.57. The number of nitrogens with one attached hydrogen (secondary N) is 1. The minimum Gasteiger partial charge on any atom is -0.481 e. The Kier molecular flexibility index (Phi) is 8.20. The Morgan fingerprint density at radius 2 is 1.61 bits per heavy atom. The molecule has 0 spiro atoms. The number of amides is 1. The van der Waals surface area contributed by atoms with E-state index in [-0.39, 0.29) is 11.8 Å². The van der Waals surface area contributed by atoms with Gasteiger partial charge in [-0.1, -0.05) is 45.0 Å². The normalized spacial score (nSPS) is 22.2. The topological polar surface area (TPSA) is 102 Å². The molecule has 0 saturated heterocycles. The first-order chi connectivity index (χ1) is 15.2. The van der Waals surface area contributed by atoms with Gasteiger partial charge in [-0.25, -0.2) is 9.59 Å². The molecule has 0 radical (unpaired) electrons. The number of benzene rings is 1. The molecule has 184 valence electrons. The third kappa shape index (κ3) is 6.71. The lowest BCUT2D eigenvalue weighted by Gasteiger charge is -2.46. The van der Waals surface area contributed by atoms with Crippen molar-refractivity contribution in [2.45, 2.75) is 91.2 Å². The Balaban J connectivity index is 2.06. The zero-order chi connectivity index (χ0) is 25.0. The van der Waals surface area contributed by atoms with Crippen molar-refractivity contribution in [3.63, 3.8) is 0 Å². The fraction of sp³-hybridized carbons (Fsp3) is 0.654. The number of carboxylic acid groups (broad SMARTS) is 1. The summed E-state index contributed by atoms with van der Waals surface area (Å²) in [6, 6.07) is 7.11. The first kappa shape index (κ1) is 26.7. The molecule has 1 amide bonds. The highest BCUT2D eigenvalue weighted by molar-refractivity contribution is 5.81. The van der Waals surface area contributed by atoms with Gasteiger partial charge in [0, 0.05) is 6.42 Å². The molecule has 0 aromatic heterocycles. The monoisotopic (exact) mass is 461 g/mol. The van der Waals surface area contributed by atoms with Crippen LogP contribution in [-0.4, -0.2) is 41.9 Å². The van der Waals surface area contributed by atoms with Crippen LogP contribution in [0.3, 0.4) is 0 Å². The summed E-state index contributed by atoms with van der Waals surface area (Å²) >= 11 is 0. The molecule has 1 aromatic rings. The molecule has 1 unspecified atom stereocenters. The van der Waals surface area contributed by atoms with E-state index in [4.69, 9.17) is 9.47 Å². The summed E-state index contributed by atoms with van der Waals surface area (Å²) in [6.45, 7) is 11.3. The number of ether oxygens (including phenoxy) is 2. The van der Waals surface area contributed by atoms with Gasteiger partial charge >= 0.3 is 18.0 Å². The molecule has 1 aromatic carbocycles. The summed E-state index contributed by atoms with van der Waals surface area (Å²) in [5.41, 5.74) is 0.400.